The zero-order valence-corrected chi connectivity index (χ0v) is 11.8. The predicted octanol–water partition coefficient (Wildman–Crippen LogP) is 1.68. The SMILES string of the molecule is CCOCCOc1cc(C(=O)OC)cc(C(=O)OC)c1. The van der Waals surface area contributed by atoms with Gasteiger partial charge in [0.1, 0.15) is 12.4 Å². The Morgan fingerprint density at radius 1 is 0.950 bits per heavy atom. The summed E-state index contributed by atoms with van der Waals surface area (Å²) in [5, 5.41) is 0. The molecule has 0 N–H and O–H groups in total. The molecule has 0 spiro atoms. The number of hydrogen-bond acceptors (Lipinski definition) is 6. The van der Waals surface area contributed by atoms with Gasteiger partial charge in [-0.05, 0) is 25.1 Å². The van der Waals surface area contributed by atoms with E-state index in [1.807, 2.05) is 6.92 Å². The Balaban J connectivity index is 2.91. The molecule has 0 aliphatic carbocycles. The Labute approximate surface area is 117 Å². The number of carbonyl (C=O) groups is 2. The topological polar surface area (TPSA) is 71.1 Å². The maximum absolute atomic E-state index is 11.6. The van der Waals surface area contributed by atoms with Crippen molar-refractivity contribution in [3.63, 3.8) is 0 Å². The molecule has 0 amide bonds. The van der Waals surface area contributed by atoms with Crippen molar-refractivity contribution in [2.45, 2.75) is 6.92 Å². The van der Waals surface area contributed by atoms with Gasteiger partial charge in [0.15, 0.2) is 0 Å². The summed E-state index contributed by atoms with van der Waals surface area (Å²) in [6.45, 7) is 3.22. The summed E-state index contributed by atoms with van der Waals surface area (Å²) >= 11 is 0. The maximum atomic E-state index is 11.6. The molecule has 0 radical (unpaired) electrons. The monoisotopic (exact) mass is 282 g/mol. The van der Waals surface area contributed by atoms with E-state index in [0.717, 1.165) is 0 Å². The lowest BCUT2D eigenvalue weighted by atomic mass is 10.1. The normalized spacial score (nSPS) is 9.95. The quantitative estimate of drug-likeness (QED) is 0.559. The predicted molar refractivity (Wildman–Crippen MR) is 71.1 cm³/mol. The Kier molecular flexibility index (Phi) is 6.52. The molecule has 20 heavy (non-hydrogen) atoms. The Morgan fingerprint density at radius 3 is 1.95 bits per heavy atom. The summed E-state index contributed by atoms with van der Waals surface area (Å²) < 4.78 is 19.8. The van der Waals surface area contributed by atoms with Crippen molar-refractivity contribution in [3.8, 4) is 5.75 Å². The van der Waals surface area contributed by atoms with Crippen molar-refractivity contribution in [3.05, 3.63) is 29.3 Å². The number of ether oxygens (including phenoxy) is 4. The lowest BCUT2D eigenvalue weighted by Crippen LogP contribution is -2.10. The highest BCUT2D eigenvalue weighted by Crippen LogP contribution is 2.19. The molecule has 1 rings (SSSR count). The van der Waals surface area contributed by atoms with E-state index < -0.39 is 11.9 Å². The van der Waals surface area contributed by atoms with Crippen molar-refractivity contribution in [1.82, 2.24) is 0 Å². The first-order valence-corrected chi connectivity index (χ1v) is 6.14. The van der Waals surface area contributed by atoms with E-state index in [0.29, 0.717) is 25.6 Å². The molecule has 0 atom stereocenters. The standard InChI is InChI=1S/C14H18O6/c1-4-19-5-6-20-12-8-10(13(15)17-2)7-11(9-12)14(16)18-3/h7-9H,4-6H2,1-3H3. The lowest BCUT2D eigenvalue weighted by Gasteiger charge is -2.09. The Hall–Kier alpha value is -2.08. The summed E-state index contributed by atoms with van der Waals surface area (Å²) in [6.07, 6.45) is 0. The number of benzene rings is 1. The second-order valence-corrected chi connectivity index (χ2v) is 3.77. The highest BCUT2D eigenvalue weighted by Gasteiger charge is 2.14. The van der Waals surface area contributed by atoms with E-state index in [1.165, 1.54) is 32.4 Å². The van der Waals surface area contributed by atoms with Crippen LogP contribution in [0.1, 0.15) is 27.6 Å². The first-order valence-electron chi connectivity index (χ1n) is 6.14. The van der Waals surface area contributed by atoms with Crippen molar-refractivity contribution in [1.29, 1.82) is 0 Å². The lowest BCUT2D eigenvalue weighted by molar-refractivity contribution is 0.0597. The minimum Gasteiger partial charge on any atom is -0.491 e. The Morgan fingerprint density at radius 2 is 1.50 bits per heavy atom. The summed E-state index contributed by atoms with van der Waals surface area (Å²) in [4.78, 5) is 23.1. The van der Waals surface area contributed by atoms with Gasteiger partial charge >= 0.3 is 11.9 Å². The van der Waals surface area contributed by atoms with Gasteiger partial charge in [0.25, 0.3) is 0 Å². The molecular formula is C14H18O6. The minimum absolute atomic E-state index is 0.224. The Bertz CT molecular complexity index is 434. The van der Waals surface area contributed by atoms with Crippen LogP contribution in [0, 0.1) is 0 Å². The van der Waals surface area contributed by atoms with Crippen LogP contribution >= 0.6 is 0 Å². The first-order chi connectivity index (χ1) is 9.62. The number of carbonyl (C=O) groups excluding carboxylic acids is 2. The van der Waals surface area contributed by atoms with Crippen LogP contribution in [0.3, 0.4) is 0 Å². The molecule has 0 bridgehead atoms. The average molecular weight is 282 g/mol. The number of esters is 2. The molecule has 1 aromatic carbocycles. The van der Waals surface area contributed by atoms with Crippen molar-refractivity contribution >= 4 is 11.9 Å². The highest BCUT2D eigenvalue weighted by atomic mass is 16.5. The fraction of sp³-hybridized carbons (Fsp3) is 0.429. The van der Waals surface area contributed by atoms with Crippen LogP contribution in [0.4, 0.5) is 0 Å². The van der Waals surface area contributed by atoms with E-state index in [-0.39, 0.29) is 11.1 Å². The van der Waals surface area contributed by atoms with Gasteiger partial charge in [-0.1, -0.05) is 0 Å². The molecule has 6 heteroatoms. The fourth-order valence-electron chi connectivity index (χ4n) is 1.52. The van der Waals surface area contributed by atoms with Crippen LogP contribution in [0.15, 0.2) is 18.2 Å². The molecule has 0 aliphatic heterocycles. The highest BCUT2D eigenvalue weighted by molar-refractivity contribution is 5.96. The van der Waals surface area contributed by atoms with Gasteiger partial charge in [0.2, 0.25) is 0 Å². The van der Waals surface area contributed by atoms with Gasteiger partial charge in [-0.25, -0.2) is 9.59 Å². The fourth-order valence-corrected chi connectivity index (χ4v) is 1.52. The molecule has 1 aromatic rings. The zero-order chi connectivity index (χ0) is 15.0. The molecule has 110 valence electrons. The number of hydrogen-bond donors (Lipinski definition) is 0. The number of methoxy groups -OCH3 is 2. The maximum Gasteiger partial charge on any atom is 0.338 e. The molecule has 0 aromatic heterocycles. The third-order valence-corrected chi connectivity index (χ3v) is 2.45. The average Bonchev–Trinajstić information content (AvgIpc) is 2.49. The minimum atomic E-state index is -0.551. The summed E-state index contributed by atoms with van der Waals surface area (Å²) in [7, 11) is 2.53. The van der Waals surface area contributed by atoms with E-state index in [4.69, 9.17) is 9.47 Å². The summed E-state index contributed by atoms with van der Waals surface area (Å²) in [5.41, 5.74) is 0.448. The van der Waals surface area contributed by atoms with Crippen molar-refractivity contribution in [2.24, 2.45) is 0 Å². The van der Waals surface area contributed by atoms with Crippen LogP contribution in [0.25, 0.3) is 0 Å². The van der Waals surface area contributed by atoms with Gasteiger partial charge < -0.3 is 18.9 Å². The second kappa shape index (κ2) is 8.16. The number of rotatable bonds is 7. The van der Waals surface area contributed by atoms with Crippen molar-refractivity contribution in [2.75, 3.05) is 34.0 Å². The van der Waals surface area contributed by atoms with Crippen LogP contribution in [-0.4, -0.2) is 46.0 Å². The molecule has 0 aliphatic rings. The third-order valence-electron chi connectivity index (χ3n) is 2.45. The van der Waals surface area contributed by atoms with Crippen LogP contribution in [0.5, 0.6) is 5.75 Å². The molecule has 0 saturated heterocycles. The molecular weight excluding hydrogens is 264 g/mol. The van der Waals surface area contributed by atoms with Crippen LogP contribution < -0.4 is 4.74 Å². The van der Waals surface area contributed by atoms with E-state index in [1.54, 1.807) is 0 Å². The molecule has 0 fully saturated rings. The van der Waals surface area contributed by atoms with Gasteiger partial charge in [-0.3, -0.25) is 0 Å². The third kappa shape index (κ3) is 4.55. The van der Waals surface area contributed by atoms with Gasteiger partial charge in [-0.15, -0.1) is 0 Å². The zero-order valence-electron chi connectivity index (χ0n) is 11.8. The van der Waals surface area contributed by atoms with Crippen LogP contribution in [0.2, 0.25) is 0 Å². The van der Waals surface area contributed by atoms with E-state index in [2.05, 4.69) is 9.47 Å². The molecule has 6 nitrogen and oxygen atoms in total. The van der Waals surface area contributed by atoms with E-state index in [9.17, 15) is 9.59 Å². The van der Waals surface area contributed by atoms with Gasteiger partial charge in [0, 0.05) is 6.61 Å². The van der Waals surface area contributed by atoms with Gasteiger partial charge in [0.05, 0.1) is 32.0 Å². The van der Waals surface area contributed by atoms with Crippen molar-refractivity contribution < 1.29 is 28.5 Å². The second-order valence-electron chi connectivity index (χ2n) is 3.77. The summed E-state index contributed by atoms with van der Waals surface area (Å²) in [5.74, 6) is -0.719. The first kappa shape index (κ1) is 16.0. The smallest absolute Gasteiger partial charge is 0.338 e. The van der Waals surface area contributed by atoms with E-state index >= 15 is 0 Å². The van der Waals surface area contributed by atoms with Crippen LogP contribution in [-0.2, 0) is 14.2 Å². The largest absolute Gasteiger partial charge is 0.491 e. The molecule has 0 unspecified atom stereocenters. The molecule has 0 saturated carbocycles. The van der Waals surface area contributed by atoms with Gasteiger partial charge in [-0.2, -0.15) is 0 Å². The molecule has 0 heterocycles. The summed E-state index contributed by atoms with van der Waals surface area (Å²) in [6, 6.07) is 4.40.